The molecule has 0 spiro atoms. The fraction of sp³-hybridized carbons (Fsp3) is 0.216. The molecule has 0 saturated heterocycles. The van der Waals surface area contributed by atoms with Crippen LogP contribution in [0.4, 0.5) is 13.2 Å². The van der Waals surface area contributed by atoms with Gasteiger partial charge >= 0.3 is 12.6 Å². The molecule has 400 valence electrons. The van der Waals surface area contributed by atoms with Crippen LogP contribution in [-0.4, -0.2) is 97.9 Å². The van der Waals surface area contributed by atoms with Crippen molar-refractivity contribution in [3.05, 3.63) is 198 Å². The van der Waals surface area contributed by atoms with E-state index in [-0.39, 0.29) is 52.4 Å². The number of halogens is 4. The zero-order chi connectivity index (χ0) is 54.1. The van der Waals surface area contributed by atoms with Crippen LogP contribution in [0.3, 0.4) is 0 Å². The van der Waals surface area contributed by atoms with Gasteiger partial charge in [-0.25, -0.2) is 13.4 Å². The van der Waals surface area contributed by atoms with Crippen molar-refractivity contribution in [1.29, 1.82) is 0 Å². The number of rotatable bonds is 4. The number of nitrogens with zero attached hydrogens (tertiary/aromatic N) is 8. The Morgan fingerprint density at radius 2 is 0.865 bits per heavy atom. The number of hydrogen-bond acceptors (Lipinski definition) is 15. The first kappa shape index (κ1) is 70.7. The molecule has 4 N–H and O–H groups in total. The van der Waals surface area contributed by atoms with Gasteiger partial charge in [0.2, 0.25) is 0 Å². The SMILES string of the molecule is Brc1ccccn1.CC(C)O.CC(C)O.Cc1ncc[c-]c1-c1ccccn1.Cc1ncc[c-]c1-c1ccccn1.Cc1ncccc1-c1ccccn1.Cc1ncccc1B(O)O.O=S(=O)([O-])C(F)(F)F.[Ir].[Ir]. The van der Waals surface area contributed by atoms with Gasteiger partial charge in [-0.3, -0.25) is 15.0 Å². The van der Waals surface area contributed by atoms with E-state index in [1.165, 1.54) is 0 Å². The predicted octanol–water partition coefficient (Wildman–Crippen LogP) is 8.69. The molecule has 0 aliphatic rings. The van der Waals surface area contributed by atoms with Gasteiger partial charge in [0.1, 0.15) is 4.60 Å². The summed E-state index contributed by atoms with van der Waals surface area (Å²) in [6.07, 6.45) is 13.6. The quantitative estimate of drug-likeness (QED) is 0.0424. The maximum Gasteiger partial charge on any atom is 0.490 e. The van der Waals surface area contributed by atoms with Crippen molar-refractivity contribution >= 4 is 38.6 Å². The third kappa shape index (κ3) is 31.3. The summed E-state index contributed by atoms with van der Waals surface area (Å²) in [4.78, 5) is 33.1. The fourth-order valence-electron chi connectivity index (χ4n) is 4.81. The molecule has 0 aromatic carbocycles. The first-order chi connectivity index (χ1) is 34.0. The zero-order valence-corrected chi connectivity index (χ0v) is 48.6. The van der Waals surface area contributed by atoms with E-state index in [1.807, 2.05) is 106 Å². The molecule has 0 unspecified atom stereocenters. The third-order valence-corrected chi connectivity index (χ3v) is 8.93. The molecule has 0 bridgehead atoms. The molecule has 15 nitrogen and oxygen atoms in total. The monoisotopic (exact) mass is 1460 g/mol. The van der Waals surface area contributed by atoms with E-state index in [0.29, 0.717) is 11.2 Å². The van der Waals surface area contributed by atoms with E-state index >= 15 is 0 Å². The molecule has 0 aliphatic carbocycles. The second-order valence-corrected chi connectivity index (χ2v) is 16.9. The molecular weight excluding hydrogens is 1400 g/mol. The Morgan fingerprint density at radius 3 is 1.14 bits per heavy atom. The van der Waals surface area contributed by atoms with Gasteiger partial charge in [0.25, 0.3) is 0 Å². The van der Waals surface area contributed by atoms with Gasteiger partial charge in [0.05, 0.1) is 5.69 Å². The molecule has 8 aromatic heterocycles. The van der Waals surface area contributed by atoms with Gasteiger partial charge in [0, 0.05) is 112 Å². The summed E-state index contributed by atoms with van der Waals surface area (Å²) in [7, 11) is -7.50. The van der Waals surface area contributed by atoms with Gasteiger partial charge in [0.15, 0.2) is 10.1 Å². The van der Waals surface area contributed by atoms with E-state index < -0.39 is 22.7 Å². The van der Waals surface area contributed by atoms with Crippen molar-refractivity contribution in [1.82, 2.24) is 39.9 Å². The van der Waals surface area contributed by atoms with Crippen LogP contribution in [0.5, 0.6) is 0 Å². The van der Waals surface area contributed by atoms with Gasteiger partial charge in [-0.2, -0.15) is 13.2 Å². The third-order valence-electron chi connectivity index (χ3n) is 7.89. The predicted molar refractivity (Wildman–Crippen MR) is 275 cm³/mol. The summed E-state index contributed by atoms with van der Waals surface area (Å²) in [5.41, 5.74) is 4.28. The average molecular weight is 1460 g/mol. The van der Waals surface area contributed by atoms with Crippen LogP contribution in [0.1, 0.15) is 50.5 Å². The Kier molecular flexibility index (Phi) is 37.3. The molecule has 8 aromatic rings. The largest absolute Gasteiger partial charge is 0.741 e. The first-order valence-corrected chi connectivity index (χ1v) is 23.7. The molecule has 0 amide bonds. The van der Waals surface area contributed by atoms with E-state index in [4.69, 9.17) is 33.2 Å². The van der Waals surface area contributed by atoms with Crippen molar-refractivity contribution in [3.8, 4) is 33.8 Å². The number of aromatic nitrogens is 8. The van der Waals surface area contributed by atoms with Crippen molar-refractivity contribution in [2.75, 3.05) is 0 Å². The Balaban J connectivity index is 0. The van der Waals surface area contributed by atoms with Crippen LogP contribution in [0.15, 0.2) is 163 Å². The molecule has 2 radical (unpaired) electrons. The Morgan fingerprint density at radius 1 is 0.527 bits per heavy atom. The number of aliphatic hydroxyl groups excluding tert-OH is 2. The van der Waals surface area contributed by atoms with Crippen LogP contribution in [-0.2, 0) is 50.3 Å². The van der Waals surface area contributed by atoms with Crippen molar-refractivity contribution in [2.24, 2.45) is 0 Å². The number of aryl methyl sites for hydroxylation is 4. The molecule has 0 aliphatic heterocycles. The molecule has 0 atom stereocenters. The molecular formula is C51H56BBrF3Ir2N8O7S-3. The minimum absolute atomic E-state index is 0. The zero-order valence-electron chi connectivity index (χ0n) is 41.4. The molecule has 23 heteroatoms. The molecule has 8 heterocycles. The van der Waals surface area contributed by atoms with Crippen LogP contribution < -0.4 is 5.46 Å². The average Bonchev–Trinajstić information content (AvgIpc) is 3.33. The Bertz CT molecular complexity index is 2610. The number of hydrogen-bond donors (Lipinski definition) is 4. The molecule has 74 heavy (non-hydrogen) atoms. The Hall–Kier alpha value is -5.42. The summed E-state index contributed by atoms with van der Waals surface area (Å²) in [6.45, 7) is 14.5. The van der Waals surface area contributed by atoms with Gasteiger partial charge in [-0.1, -0.05) is 68.7 Å². The topological polar surface area (TPSA) is 241 Å². The van der Waals surface area contributed by atoms with E-state index in [0.717, 1.165) is 55.5 Å². The molecule has 0 saturated carbocycles. The van der Waals surface area contributed by atoms with Crippen molar-refractivity contribution in [3.63, 3.8) is 0 Å². The number of aliphatic hydroxyl groups is 2. The maximum atomic E-state index is 10.7. The smallest absolute Gasteiger partial charge is 0.490 e. The van der Waals surface area contributed by atoms with E-state index in [2.05, 4.69) is 67.9 Å². The number of pyridine rings is 8. The molecule has 8 rings (SSSR count). The second-order valence-electron chi connectivity index (χ2n) is 14.7. The van der Waals surface area contributed by atoms with Crippen LogP contribution in [0.2, 0.25) is 0 Å². The van der Waals surface area contributed by atoms with E-state index in [1.54, 1.807) is 108 Å². The van der Waals surface area contributed by atoms with Crippen LogP contribution in [0, 0.1) is 39.8 Å². The normalized spacial score (nSPS) is 9.82. The fourth-order valence-corrected chi connectivity index (χ4v) is 5.08. The van der Waals surface area contributed by atoms with Crippen LogP contribution >= 0.6 is 15.9 Å². The van der Waals surface area contributed by atoms with Gasteiger partial charge in [-0.15, -0.1) is 35.4 Å². The second kappa shape index (κ2) is 39.1. The standard InChI is InChI=1S/C11H10N2.2C11H9N2.C6H8BNO2.C5H4BrN.2C3H8O.CHF3O3S.2Ir/c3*1-9-10(5-4-8-12-9)11-6-2-3-7-13-11;1-5-6(7(9)10)3-2-4-8-5;6-5-3-1-2-4-7-5;2*1-3(2)4;2-1(3,4)8(5,6)7;;/h2-8H,1H3;2*2-4,6-8H,1H3;2-4,9-10H,1H3;1-4H;2*3-4H,1-2H3;(H,5,6,7);;/q;2*-1;;;;;;;/p-1. The summed E-state index contributed by atoms with van der Waals surface area (Å²) in [5, 5.41) is 33.6. The minimum Gasteiger partial charge on any atom is -0.741 e. The minimum atomic E-state index is -6.09. The first-order valence-electron chi connectivity index (χ1n) is 21.5. The Labute approximate surface area is 467 Å². The van der Waals surface area contributed by atoms with Crippen molar-refractivity contribution < 1.29 is 86.6 Å². The molecule has 0 fully saturated rings. The van der Waals surface area contributed by atoms with Gasteiger partial charge < -0.3 is 44.7 Å². The summed E-state index contributed by atoms with van der Waals surface area (Å²) < 4.78 is 59.8. The number of alkyl halides is 3. The maximum absolute atomic E-state index is 10.7. The van der Waals surface area contributed by atoms with E-state index in [9.17, 15) is 13.2 Å². The summed E-state index contributed by atoms with van der Waals surface area (Å²) >= 11 is 3.20. The van der Waals surface area contributed by atoms with Gasteiger partial charge in [-0.05, 0) is 135 Å². The van der Waals surface area contributed by atoms with Crippen molar-refractivity contribution in [2.45, 2.75) is 73.1 Å². The summed E-state index contributed by atoms with van der Waals surface area (Å²) in [6, 6.07) is 40.3. The van der Waals surface area contributed by atoms with Crippen LogP contribution in [0.25, 0.3) is 33.8 Å². The summed E-state index contributed by atoms with van der Waals surface area (Å²) in [5.74, 6) is 0.